The maximum atomic E-state index is 6.03. The summed E-state index contributed by atoms with van der Waals surface area (Å²) in [4.78, 5) is 0. The third-order valence-electron chi connectivity index (χ3n) is 4.98. The van der Waals surface area contributed by atoms with Gasteiger partial charge in [0.2, 0.25) is 0 Å². The number of hydrogen-bond acceptors (Lipinski definition) is 2. The molecule has 2 unspecified atom stereocenters. The molecule has 2 nitrogen and oxygen atoms in total. The molecule has 1 aliphatic carbocycles. The van der Waals surface area contributed by atoms with Crippen LogP contribution in [-0.4, -0.2) is 12.6 Å². The summed E-state index contributed by atoms with van der Waals surface area (Å²) in [5.74, 6) is 1.82. The van der Waals surface area contributed by atoms with E-state index in [0.29, 0.717) is 12.6 Å². The third-order valence-corrected chi connectivity index (χ3v) is 4.98. The van der Waals surface area contributed by atoms with Crippen LogP contribution in [0.3, 0.4) is 0 Å². The van der Waals surface area contributed by atoms with Crippen LogP contribution < -0.4 is 10.1 Å². The van der Waals surface area contributed by atoms with Crippen molar-refractivity contribution in [3.8, 4) is 5.75 Å². The molecule has 0 amide bonds. The molecule has 0 heterocycles. The molecule has 128 valence electrons. The first-order valence-electron chi connectivity index (χ1n) is 9.14. The molecular formula is C22H29NO. The van der Waals surface area contributed by atoms with E-state index in [1.165, 1.54) is 42.0 Å². The summed E-state index contributed by atoms with van der Waals surface area (Å²) in [6.07, 6.45) is 5.29. The lowest BCUT2D eigenvalue weighted by Gasteiger charge is -2.28. The molecule has 3 rings (SSSR count). The van der Waals surface area contributed by atoms with Gasteiger partial charge in [0.05, 0.1) is 0 Å². The predicted octanol–water partition coefficient (Wildman–Crippen LogP) is 5.46. The van der Waals surface area contributed by atoms with Crippen LogP contribution in [0.2, 0.25) is 0 Å². The second-order valence-corrected chi connectivity index (χ2v) is 7.36. The van der Waals surface area contributed by atoms with Gasteiger partial charge in [0, 0.05) is 18.2 Å². The number of ether oxygens (including phenoxy) is 1. The highest BCUT2D eigenvalue weighted by molar-refractivity contribution is 5.87. The van der Waals surface area contributed by atoms with Gasteiger partial charge in [-0.3, -0.25) is 0 Å². The van der Waals surface area contributed by atoms with E-state index in [9.17, 15) is 0 Å². The first-order valence-corrected chi connectivity index (χ1v) is 9.14. The highest BCUT2D eigenvalue weighted by atomic mass is 16.5. The Morgan fingerprint density at radius 1 is 1.21 bits per heavy atom. The average Bonchev–Trinajstić information content (AvgIpc) is 2.58. The largest absolute Gasteiger partial charge is 0.489 e. The molecule has 1 N–H and O–H groups in total. The Morgan fingerprint density at radius 2 is 2.04 bits per heavy atom. The minimum absolute atomic E-state index is 0.575. The van der Waals surface area contributed by atoms with Crippen molar-refractivity contribution in [1.29, 1.82) is 0 Å². The summed E-state index contributed by atoms with van der Waals surface area (Å²) in [6.45, 7) is 9.76. The summed E-state index contributed by atoms with van der Waals surface area (Å²) in [5.41, 5.74) is 2.32. The van der Waals surface area contributed by atoms with Crippen LogP contribution in [0.1, 0.15) is 45.1 Å². The topological polar surface area (TPSA) is 21.3 Å². The molecule has 0 saturated heterocycles. The van der Waals surface area contributed by atoms with Crippen molar-refractivity contribution < 1.29 is 4.74 Å². The standard InChI is InChI=1S/C22H29NO/c1-16(2)15-24-22-12-11-18-8-4-5-10-20(18)21(22)14-23-19-9-6-7-17(3)13-19/h4-5,8,10-12,17,19,23H,1,6-7,9,13-15H2,2-3H3. The summed E-state index contributed by atoms with van der Waals surface area (Å²) < 4.78 is 6.03. The second-order valence-electron chi connectivity index (χ2n) is 7.36. The van der Waals surface area contributed by atoms with Gasteiger partial charge in [0.15, 0.2) is 0 Å². The molecule has 0 spiro atoms. The van der Waals surface area contributed by atoms with Gasteiger partial charge in [-0.05, 0) is 48.1 Å². The van der Waals surface area contributed by atoms with Crippen LogP contribution in [0, 0.1) is 5.92 Å². The van der Waals surface area contributed by atoms with Crippen LogP contribution >= 0.6 is 0 Å². The zero-order valence-corrected chi connectivity index (χ0v) is 15.0. The normalized spacial score (nSPS) is 20.9. The van der Waals surface area contributed by atoms with E-state index in [-0.39, 0.29) is 0 Å². The number of rotatable bonds is 6. The van der Waals surface area contributed by atoms with Gasteiger partial charge in [-0.2, -0.15) is 0 Å². The van der Waals surface area contributed by atoms with Crippen molar-refractivity contribution in [2.75, 3.05) is 6.61 Å². The van der Waals surface area contributed by atoms with Crippen molar-refractivity contribution in [3.05, 3.63) is 54.1 Å². The molecule has 2 aromatic carbocycles. The van der Waals surface area contributed by atoms with E-state index in [0.717, 1.165) is 23.8 Å². The van der Waals surface area contributed by atoms with Crippen LogP contribution in [0.5, 0.6) is 5.75 Å². The van der Waals surface area contributed by atoms with Gasteiger partial charge in [-0.25, -0.2) is 0 Å². The molecule has 2 aromatic rings. The minimum atomic E-state index is 0.575. The van der Waals surface area contributed by atoms with Crippen LogP contribution in [0.25, 0.3) is 10.8 Å². The molecule has 0 aromatic heterocycles. The highest BCUT2D eigenvalue weighted by Crippen LogP contribution is 2.30. The van der Waals surface area contributed by atoms with Gasteiger partial charge in [0.25, 0.3) is 0 Å². The molecule has 2 atom stereocenters. The van der Waals surface area contributed by atoms with Gasteiger partial charge in [-0.15, -0.1) is 0 Å². The van der Waals surface area contributed by atoms with Crippen molar-refractivity contribution >= 4 is 10.8 Å². The van der Waals surface area contributed by atoms with E-state index < -0.39 is 0 Å². The van der Waals surface area contributed by atoms with Crippen molar-refractivity contribution in [2.24, 2.45) is 5.92 Å². The monoisotopic (exact) mass is 323 g/mol. The maximum absolute atomic E-state index is 6.03. The van der Waals surface area contributed by atoms with Crippen LogP contribution in [-0.2, 0) is 6.54 Å². The number of fused-ring (bicyclic) bond motifs is 1. The molecule has 1 fully saturated rings. The fourth-order valence-electron chi connectivity index (χ4n) is 3.70. The Bertz CT molecular complexity index is 706. The van der Waals surface area contributed by atoms with Crippen molar-refractivity contribution in [1.82, 2.24) is 5.32 Å². The van der Waals surface area contributed by atoms with E-state index in [2.05, 4.69) is 55.2 Å². The molecule has 1 saturated carbocycles. The lowest BCUT2D eigenvalue weighted by atomic mass is 9.87. The summed E-state index contributed by atoms with van der Waals surface area (Å²) in [7, 11) is 0. The Hall–Kier alpha value is -1.80. The van der Waals surface area contributed by atoms with Crippen LogP contribution in [0.4, 0.5) is 0 Å². The Morgan fingerprint density at radius 3 is 2.83 bits per heavy atom. The molecular weight excluding hydrogens is 294 g/mol. The molecule has 0 aliphatic heterocycles. The van der Waals surface area contributed by atoms with Gasteiger partial charge >= 0.3 is 0 Å². The predicted molar refractivity (Wildman–Crippen MR) is 103 cm³/mol. The summed E-state index contributed by atoms with van der Waals surface area (Å²) in [6, 6.07) is 13.4. The molecule has 0 bridgehead atoms. The number of nitrogens with one attached hydrogen (secondary N) is 1. The Labute approximate surface area is 145 Å². The van der Waals surface area contributed by atoms with Gasteiger partial charge in [-0.1, -0.05) is 56.7 Å². The van der Waals surface area contributed by atoms with E-state index >= 15 is 0 Å². The lowest BCUT2D eigenvalue weighted by Crippen LogP contribution is -2.33. The molecule has 24 heavy (non-hydrogen) atoms. The summed E-state index contributed by atoms with van der Waals surface area (Å²) >= 11 is 0. The van der Waals surface area contributed by atoms with Crippen molar-refractivity contribution in [2.45, 2.75) is 52.1 Å². The minimum Gasteiger partial charge on any atom is -0.489 e. The molecule has 1 aliphatic rings. The third kappa shape index (κ3) is 4.18. The molecule has 0 radical (unpaired) electrons. The van der Waals surface area contributed by atoms with E-state index in [4.69, 9.17) is 4.74 Å². The average molecular weight is 323 g/mol. The quantitative estimate of drug-likeness (QED) is 0.712. The van der Waals surface area contributed by atoms with E-state index in [1.807, 2.05) is 6.92 Å². The van der Waals surface area contributed by atoms with Crippen LogP contribution in [0.15, 0.2) is 48.6 Å². The van der Waals surface area contributed by atoms with Gasteiger partial charge < -0.3 is 10.1 Å². The number of benzene rings is 2. The fourth-order valence-corrected chi connectivity index (χ4v) is 3.70. The first kappa shape index (κ1) is 17.0. The highest BCUT2D eigenvalue weighted by Gasteiger charge is 2.19. The summed E-state index contributed by atoms with van der Waals surface area (Å²) in [5, 5.41) is 6.34. The fraction of sp³-hybridized carbons (Fsp3) is 0.455. The zero-order chi connectivity index (χ0) is 16.9. The smallest absolute Gasteiger partial charge is 0.124 e. The van der Waals surface area contributed by atoms with Crippen molar-refractivity contribution in [3.63, 3.8) is 0 Å². The van der Waals surface area contributed by atoms with E-state index in [1.54, 1.807) is 0 Å². The molecule has 2 heteroatoms. The Kier molecular flexibility index (Phi) is 5.57. The maximum Gasteiger partial charge on any atom is 0.124 e. The number of hydrogen-bond donors (Lipinski definition) is 1. The second kappa shape index (κ2) is 7.85. The van der Waals surface area contributed by atoms with Gasteiger partial charge in [0.1, 0.15) is 12.4 Å². The zero-order valence-electron chi connectivity index (χ0n) is 15.0. The SMILES string of the molecule is C=C(C)COc1ccc2ccccc2c1CNC1CCCC(C)C1. The first-order chi connectivity index (χ1) is 11.6. The lowest BCUT2D eigenvalue weighted by molar-refractivity contribution is 0.298. The Balaban J connectivity index is 1.82.